The van der Waals surface area contributed by atoms with Gasteiger partial charge in [0.15, 0.2) is 0 Å². The minimum Gasteiger partial charge on any atom is -0.356 e. The Hall–Kier alpha value is -5.68. The summed E-state index contributed by atoms with van der Waals surface area (Å²) in [6, 6.07) is 49.8. The lowest BCUT2D eigenvalue weighted by Crippen LogP contribution is -1.96. The third-order valence-corrected chi connectivity index (χ3v) is 7.19. The van der Waals surface area contributed by atoms with Crippen molar-refractivity contribution in [2.75, 3.05) is 26.6 Å². The molecule has 0 heterocycles. The lowest BCUT2D eigenvalue weighted by molar-refractivity contribution is 1.41. The topological polar surface area (TPSA) is 60.1 Å². The molecule has 6 aromatic rings. The quantitative estimate of drug-likeness (QED) is 0.115. The van der Waals surface area contributed by atoms with Crippen LogP contribution in [0.5, 0.6) is 0 Å². The lowest BCUT2D eigenvalue weighted by Gasteiger charge is -2.14. The van der Waals surface area contributed by atoms with Gasteiger partial charge in [-0.1, -0.05) is 36.4 Å². The highest BCUT2D eigenvalue weighted by Crippen LogP contribution is 2.29. The van der Waals surface area contributed by atoms with Gasteiger partial charge in [0, 0.05) is 56.9 Å². The van der Waals surface area contributed by atoms with Gasteiger partial charge < -0.3 is 26.6 Å². The molecule has 0 saturated heterocycles. The van der Waals surface area contributed by atoms with Crippen LogP contribution in [0.4, 0.5) is 56.9 Å². The van der Waals surface area contributed by atoms with Crippen molar-refractivity contribution in [2.45, 2.75) is 13.8 Å². The van der Waals surface area contributed by atoms with Gasteiger partial charge >= 0.3 is 0 Å². The fourth-order valence-corrected chi connectivity index (χ4v) is 4.89. The Morgan fingerprint density at radius 3 is 0.884 bits per heavy atom. The largest absolute Gasteiger partial charge is 0.356 e. The molecule has 0 bridgehead atoms. The first-order chi connectivity index (χ1) is 21.1. The summed E-state index contributed by atoms with van der Waals surface area (Å²) < 4.78 is 0. The lowest BCUT2D eigenvalue weighted by atomic mass is 10.1. The second-order valence-corrected chi connectivity index (χ2v) is 10.6. The van der Waals surface area contributed by atoms with E-state index in [0.717, 1.165) is 56.9 Å². The molecule has 6 aromatic carbocycles. The van der Waals surface area contributed by atoms with Crippen LogP contribution in [0.2, 0.25) is 0 Å². The number of aryl methyl sites for hydroxylation is 2. The number of nitrogens with one attached hydrogen (secondary N) is 5. The Labute approximate surface area is 253 Å². The van der Waals surface area contributed by atoms with Crippen LogP contribution in [0.3, 0.4) is 0 Å². The molecule has 0 aliphatic rings. The van der Waals surface area contributed by atoms with Crippen molar-refractivity contribution in [1.29, 1.82) is 0 Å². The molecular weight excluding hydrogens is 526 g/mol. The Bertz CT molecular complexity index is 1650. The van der Waals surface area contributed by atoms with Crippen LogP contribution in [0.1, 0.15) is 11.1 Å². The van der Waals surface area contributed by atoms with Crippen molar-refractivity contribution in [3.05, 3.63) is 157 Å². The molecule has 5 nitrogen and oxygen atoms in total. The smallest absolute Gasteiger partial charge is 0.0415 e. The summed E-state index contributed by atoms with van der Waals surface area (Å²) in [5.41, 5.74) is 13.0. The van der Waals surface area contributed by atoms with E-state index in [1.165, 1.54) is 11.1 Å². The van der Waals surface area contributed by atoms with Gasteiger partial charge in [0.05, 0.1) is 0 Å². The minimum absolute atomic E-state index is 1.03. The molecule has 0 aliphatic heterocycles. The molecule has 0 amide bonds. The summed E-state index contributed by atoms with van der Waals surface area (Å²) in [6.07, 6.45) is 0. The van der Waals surface area contributed by atoms with Crippen LogP contribution in [0.15, 0.2) is 146 Å². The van der Waals surface area contributed by atoms with E-state index in [1.807, 2.05) is 36.4 Å². The van der Waals surface area contributed by atoms with Gasteiger partial charge in [-0.2, -0.15) is 0 Å². The van der Waals surface area contributed by atoms with Crippen LogP contribution in [-0.4, -0.2) is 0 Å². The Kier molecular flexibility index (Phi) is 8.23. The van der Waals surface area contributed by atoms with E-state index >= 15 is 0 Å². The molecule has 43 heavy (non-hydrogen) atoms. The maximum atomic E-state index is 3.51. The van der Waals surface area contributed by atoms with Crippen molar-refractivity contribution in [1.82, 2.24) is 0 Å². The first-order valence-electron chi connectivity index (χ1n) is 14.4. The highest BCUT2D eigenvalue weighted by molar-refractivity contribution is 5.72. The third kappa shape index (κ3) is 7.34. The zero-order valence-corrected chi connectivity index (χ0v) is 24.4. The Balaban J connectivity index is 1.02. The average Bonchev–Trinajstić information content (AvgIpc) is 3.03. The molecule has 5 N–H and O–H groups in total. The van der Waals surface area contributed by atoms with Gasteiger partial charge in [-0.15, -0.1) is 0 Å². The molecule has 0 saturated carbocycles. The number of hydrogen-bond acceptors (Lipinski definition) is 5. The number of anilines is 10. The fraction of sp³-hybridized carbons (Fsp3) is 0.0526. The summed E-state index contributed by atoms with van der Waals surface area (Å²) in [5, 5.41) is 17.5. The predicted molar refractivity (Wildman–Crippen MR) is 185 cm³/mol. The summed E-state index contributed by atoms with van der Waals surface area (Å²) in [5.74, 6) is 0. The minimum atomic E-state index is 1.03. The molecule has 0 unspecified atom stereocenters. The van der Waals surface area contributed by atoms with Crippen molar-refractivity contribution < 1.29 is 0 Å². The number of hydrogen-bond donors (Lipinski definition) is 5. The molecule has 0 radical (unpaired) electrons. The highest BCUT2D eigenvalue weighted by atomic mass is 14.9. The molecule has 0 aliphatic carbocycles. The van der Waals surface area contributed by atoms with Gasteiger partial charge in [0.25, 0.3) is 0 Å². The van der Waals surface area contributed by atoms with E-state index in [4.69, 9.17) is 0 Å². The van der Waals surface area contributed by atoms with E-state index < -0.39 is 0 Å². The highest BCUT2D eigenvalue weighted by Gasteiger charge is 2.04. The molecule has 0 fully saturated rings. The predicted octanol–water partition coefficient (Wildman–Crippen LogP) is 11.0. The molecule has 5 heteroatoms. The molecule has 0 spiro atoms. The number of rotatable bonds is 10. The van der Waals surface area contributed by atoms with E-state index in [-0.39, 0.29) is 0 Å². The van der Waals surface area contributed by atoms with Gasteiger partial charge in [-0.05, 0) is 134 Å². The van der Waals surface area contributed by atoms with E-state index in [9.17, 15) is 0 Å². The summed E-state index contributed by atoms with van der Waals surface area (Å²) in [4.78, 5) is 0. The van der Waals surface area contributed by atoms with Gasteiger partial charge in [-0.25, -0.2) is 0 Å². The summed E-state index contributed by atoms with van der Waals surface area (Å²) in [6.45, 7) is 4.23. The number of para-hydroxylation sites is 2. The van der Waals surface area contributed by atoms with Gasteiger partial charge in [0.1, 0.15) is 0 Å². The average molecular weight is 562 g/mol. The molecular formula is C38H35N5. The zero-order valence-electron chi connectivity index (χ0n) is 24.4. The molecule has 6 rings (SSSR count). The monoisotopic (exact) mass is 561 g/mol. The first kappa shape index (κ1) is 27.5. The van der Waals surface area contributed by atoms with Gasteiger partial charge in [-0.3, -0.25) is 0 Å². The standard InChI is InChI=1S/C38H35N5/c1-27-25-35(21-23-37(27)42-29-9-5-3-6-10-29)40-33-17-13-31(14-18-33)39-32-15-19-34(20-16-32)41-36-22-24-38(28(2)26-36)43-30-11-7-4-8-12-30/h3-26,39-43H,1-2H3. The maximum Gasteiger partial charge on any atom is 0.0415 e. The Morgan fingerprint density at radius 2 is 0.558 bits per heavy atom. The van der Waals surface area contributed by atoms with Crippen LogP contribution >= 0.6 is 0 Å². The Morgan fingerprint density at radius 1 is 0.279 bits per heavy atom. The SMILES string of the molecule is Cc1cc(Nc2ccc(Nc3ccc(Nc4ccc(Nc5ccccc5)c(C)c4)cc3)cc2)ccc1Nc1ccccc1. The van der Waals surface area contributed by atoms with Gasteiger partial charge in [0.2, 0.25) is 0 Å². The third-order valence-electron chi connectivity index (χ3n) is 7.19. The summed E-state index contributed by atoms with van der Waals surface area (Å²) >= 11 is 0. The summed E-state index contributed by atoms with van der Waals surface area (Å²) in [7, 11) is 0. The normalized spacial score (nSPS) is 10.6. The van der Waals surface area contributed by atoms with Crippen molar-refractivity contribution >= 4 is 56.9 Å². The van der Waals surface area contributed by atoms with E-state index in [0.29, 0.717) is 0 Å². The van der Waals surface area contributed by atoms with Crippen LogP contribution in [-0.2, 0) is 0 Å². The van der Waals surface area contributed by atoms with Crippen molar-refractivity contribution in [3.8, 4) is 0 Å². The molecule has 0 aromatic heterocycles. The first-order valence-corrected chi connectivity index (χ1v) is 14.4. The number of benzene rings is 6. The second kappa shape index (κ2) is 12.9. The molecule has 0 atom stereocenters. The van der Waals surface area contributed by atoms with Crippen LogP contribution < -0.4 is 26.6 Å². The van der Waals surface area contributed by atoms with E-state index in [1.54, 1.807) is 0 Å². The maximum absolute atomic E-state index is 3.51. The second-order valence-electron chi connectivity index (χ2n) is 10.6. The molecule has 212 valence electrons. The van der Waals surface area contributed by atoms with E-state index in [2.05, 4.69) is 150 Å². The van der Waals surface area contributed by atoms with Crippen molar-refractivity contribution in [3.63, 3.8) is 0 Å². The fourth-order valence-electron chi connectivity index (χ4n) is 4.89. The van der Waals surface area contributed by atoms with Crippen molar-refractivity contribution in [2.24, 2.45) is 0 Å². The van der Waals surface area contributed by atoms with Crippen LogP contribution in [0, 0.1) is 13.8 Å². The van der Waals surface area contributed by atoms with Crippen LogP contribution in [0.25, 0.3) is 0 Å². The zero-order chi connectivity index (χ0) is 29.4.